The van der Waals surface area contributed by atoms with Crippen LogP contribution in [0.1, 0.15) is 33.1 Å². The molecule has 15 heavy (non-hydrogen) atoms. The summed E-state index contributed by atoms with van der Waals surface area (Å²) in [6, 6.07) is 0. The molecule has 1 heterocycles. The van der Waals surface area contributed by atoms with Gasteiger partial charge in [-0.2, -0.15) is 0 Å². The van der Waals surface area contributed by atoms with Crippen molar-refractivity contribution in [2.75, 3.05) is 6.54 Å². The van der Waals surface area contributed by atoms with Crippen molar-refractivity contribution in [1.82, 2.24) is 5.01 Å². The molecule has 0 aromatic rings. The van der Waals surface area contributed by atoms with Gasteiger partial charge in [0.1, 0.15) is 5.54 Å². The zero-order valence-corrected chi connectivity index (χ0v) is 9.42. The van der Waals surface area contributed by atoms with E-state index in [0.717, 1.165) is 19.4 Å². The molecule has 0 spiro atoms. The van der Waals surface area contributed by atoms with Crippen molar-refractivity contribution in [1.29, 1.82) is 0 Å². The number of rotatable bonds is 1. The number of amides is 1. The van der Waals surface area contributed by atoms with Gasteiger partial charge in [-0.15, -0.1) is 0 Å². The molecular weight excluding hydrogens is 190 g/mol. The number of hydrazine groups is 1. The van der Waals surface area contributed by atoms with E-state index in [0.29, 0.717) is 5.92 Å². The molecule has 2 saturated carbocycles. The third-order valence-corrected chi connectivity index (χ3v) is 6.01. The van der Waals surface area contributed by atoms with Crippen LogP contribution in [0.3, 0.4) is 0 Å². The molecule has 3 fully saturated rings. The van der Waals surface area contributed by atoms with Crippen LogP contribution in [0, 0.1) is 16.7 Å². The normalized spacial score (nSPS) is 57.7. The van der Waals surface area contributed by atoms with Crippen LogP contribution in [0.5, 0.6) is 0 Å². The first-order valence-corrected chi connectivity index (χ1v) is 5.71. The summed E-state index contributed by atoms with van der Waals surface area (Å²) in [7, 11) is 0. The van der Waals surface area contributed by atoms with E-state index in [1.165, 1.54) is 6.42 Å². The quantitative estimate of drug-likeness (QED) is 0.607. The SMILES string of the molecule is C[C@@]12CC[C@H]3C[C@@]1(C(N)=O)N(N)C[C@]32C. The number of hydrogen-bond donors (Lipinski definition) is 2. The van der Waals surface area contributed by atoms with E-state index >= 15 is 0 Å². The topological polar surface area (TPSA) is 72.4 Å². The number of primary amides is 1. The Bertz CT molecular complexity index is 358. The largest absolute Gasteiger partial charge is 0.368 e. The predicted molar refractivity (Wildman–Crippen MR) is 56.4 cm³/mol. The minimum atomic E-state index is -0.565. The van der Waals surface area contributed by atoms with Gasteiger partial charge in [-0.3, -0.25) is 10.6 Å². The first kappa shape index (κ1) is 9.60. The molecule has 4 bridgehead atoms. The highest BCUT2D eigenvalue weighted by atomic mass is 16.2. The Kier molecular flexibility index (Phi) is 1.43. The Hall–Kier alpha value is -0.610. The average molecular weight is 209 g/mol. The number of nitrogens with zero attached hydrogens (tertiary/aromatic N) is 1. The minimum absolute atomic E-state index is 0.00868. The lowest BCUT2D eigenvalue weighted by atomic mass is 9.65. The fourth-order valence-corrected chi connectivity index (χ4v) is 4.85. The van der Waals surface area contributed by atoms with E-state index in [2.05, 4.69) is 13.8 Å². The van der Waals surface area contributed by atoms with Crippen LogP contribution in [0.4, 0.5) is 0 Å². The second kappa shape index (κ2) is 2.23. The molecule has 0 aromatic heterocycles. The van der Waals surface area contributed by atoms with Gasteiger partial charge < -0.3 is 5.73 Å². The number of carbonyl (C=O) groups excluding carboxylic acids is 1. The van der Waals surface area contributed by atoms with Crippen LogP contribution in [0.15, 0.2) is 0 Å². The van der Waals surface area contributed by atoms with Crippen molar-refractivity contribution < 1.29 is 4.79 Å². The fraction of sp³-hybridized carbons (Fsp3) is 0.909. The number of nitrogens with two attached hydrogens (primary N) is 2. The lowest BCUT2D eigenvalue weighted by molar-refractivity contribution is -0.135. The van der Waals surface area contributed by atoms with Crippen LogP contribution in [-0.2, 0) is 4.79 Å². The molecule has 84 valence electrons. The first-order chi connectivity index (χ1) is 6.88. The monoisotopic (exact) mass is 209 g/mol. The fourth-order valence-electron chi connectivity index (χ4n) is 4.85. The smallest absolute Gasteiger partial charge is 0.239 e. The maximum absolute atomic E-state index is 11.8. The van der Waals surface area contributed by atoms with E-state index in [-0.39, 0.29) is 16.7 Å². The zero-order valence-electron chi connectivity index (χ0n) is 9.42. The number of hydrogen-bond acceptors (Lipinski definition) is 3. The molecule has 3 rings (SSSR count). The molecule has 1 amide bonds. The maximum Gasteiger partial charge on any atom is 0.239 e. The second-order valence-electron chi connectivity index (χ2n) is 6.04. The van der Waals surface area contributed by atoms with E-state index < -0.39 is 5.54 Å². The van der Waals surface area contributed by atoms with E-state index in [9.17, 15) is 4.79 Å². The van der Waals surface area contributed by atoms with Gasteiger partial charge in [0, 0.05) is 12.0 Å². The van der Waals surface area contributed by atoms with Crippen molar-refractivity contribution in [3.05, 3.63) is 0 Å². The Morgan fingerprint density at radius 1 is 1.47 bits per heavy atom. The molecular formula is C11H19N3O. The van der Waals surface area contributed by atoms with Crippen molar-refractivity contribution in [3.8, 4) is 0 Å². The summed E-state index contributed by atoms with van der Waals surface area (Å²) in [6.07, 6.45) is 3.19. The average Bonchev–Trinajstić information content (AvgIpc) is 2.55. The maximum atomic E-state index is 11.8. The Labute approximate surface area is 89.9 Å². The van der Waals surface area contributed by atoms with Crippen LogP contribution in [-0.4, -0.2) is 23.0 Å². The highest BCUT2D eigenvalue weighted by molar-refractivity contribution is 5.87. The van der Waals surface area contributed by atoms with Crippen molar-refractivity contribution in [2.24, 2.45) is 28.3 Å². The van der Waals surface area contributed by atoms with Crippen molar-refractivity contribution >= 4 is 5.91 Å². The lowest BCUT2D eigenvalue weighted by Gasteiger charge is -2.43. The van der Waals surface area contributed by atoms with Gasteiger partial charge in [-0.05, 0) is 30.6 Å². The molecule has 4 heteroatoms. The molecule has 3 aliphatic rings. The first-order valence-electron chi connectivity index (χ1n) is 5.71. The Balaban J connectivity index is 2.22. The highest BCUT2D eigenvalue weighted by Gasteiger charge is 2.79. The summed E-state index contributed by atoms with van der Waals surface area (Å²) in [6.45, 7) is 5.30. The highest BCUT2D eigenvalue weighted by Crippen LogP contribution is 2.74. The summed E-state index contributed by atoms with van der Waals surface area (Å²) < 4.78 is 0. The Morgan fingerprint density at radius 2 is 2.13 bits per heavy atom. The molecule has 4 atom stereocenters. The molecule has 4 nitrogen and oxygen atoms in total. The van der Waals surface area contributed by atoms with Crippen molar-refractivity contribution in [3.63, 3.8) is 0 Å². The molecule has 0 radical (unpaired) electrons. The van der Waals surface area contributed by atoms with Gasteiger partial charge in [0.15, 0.2) is 0 Å². The molecule has 1 aliphatic heterocycles. The summed E-state index contributed by atoms with van der Waals surface area (Å²) in [5.41, 5.74) is 5.25. The third-order valence-electron chi connectivity index (χ3n) is 6.01. The number of carbonyl (C=O) groups is 1. The van der Waals surface area contributed by atoms with Gasteiger partial charge in [0.2, 0.25) is 5.91 Å². The van der Waals surface area contributed by atoms with E-state index in [1.54, 1.807) is 5.01 Å². The standard InChI is InChI=1S/C11H19N3O/c1-9-6-14(13)11(8(12)15)5-7(9)3-4-10(9,11)2/h7H,3-6,13H2,1-2H3,(H2,12,15)/t7-,9+,10-,11-/m0/s1. The molecule has 4 N–H and O–H groups in total. The summed E-state index contributed by atoms with van der Waals surface area (Å²) in [5.74, 6) is 6.46. The van der Waals surface area contributed by atoms with Crippen molar-refractivity contribution in [2.45, 2.75) is 38.6 Å². The van der Waals surface area contributed by atoms with Crippen LogP contribution >= 0.6 is 0 Å². The van der Waals surface area contributed by atoms with Gasteiger partial charge in [0.05, 0.1) is 0 Å². The second-order valence-corrected chi connectivity index (χ2v) is 6.04. The summed E-state index contributed by atoms with van der Waals surface area (Å²) >= 11 is 0. The Morgan fingerprint density at radius 3 is 2.60 bits per heavy atom. The molecule has 1 saturated heterocycles. The summed E-state index contributed by atoms with van der Waals surface area (Å²) in [5, 5.41) is 1.73. The van der Waals surface area contributed by atoms with Crippen LogP contribution < -0.4 is 11.6 Å². The van der Waals surface area contributed by atoms with E-state index in [1.807, 2.05) is 0 Å². The van der Waals surface area contributed by atoms with Gasteiger partial charge in [-0.25, -0.2) is 5.01 Å². The lowest BCUT2D eigenvalue weighted by Crippen LogP contribution is -2.63. The zero-order chi connectivity index (χ0) is 11.1. The van der Waals surface area contributed by atoms with Crippen LogP contribution in [0.2, 0.25) is 0 Å². The van der Waals surface area contributed by atoms with Crippen LogP contribution in [0.25, 0.3) is 0 Å². The molecule has 0 unspecified atom stereocenters. The summed E-state index contributed by atoms with van der Waals surface area (Å²) in [4.78, 5) is 11.8. The number of piperidine rings is 1. The van der Waals surface area contributed by atoms with E-state index in [4.69, 9.17) is 11.6 Å². The van der Waals surface area contributed by atoms with Gasteiger partial charge in [-0.1, -0.05) is 13.8 Å². The molecule has 0 aromatic carbocycles. The molecule has 2 aliphatic carbocycles. The van der Waals surface area contributed by atoms with Gasteiger partial charge >= 0.3 is 0 Å². The predicted octanol–water partition coefficient (Wildman–Crippen LogP) is 0.226. The third kappa shape index (κ3) is 0.658. The van der Waals surface area contributed by atoms with Gasteiger partial charge in [0.25, 0.3) is 0 Å². The minimum Gasteiger partial charge on any atom is -0.368 e.